The second kappa shape index (κ2) is 8.39. The van der Waals surface area contributed by atoms with E-state index < -0.39 is 29.9 Å². The van der Waals surface area contributed by atoms with Gasteiger partial charge in [-0.05, 0) is 68.6 Å². The Morgan fingerprint density at radius 3 is 2.28 bits per heavy atom. The second-order valence-electron chi connectivity index (χ2n) is 9.26. The first kappa shape index (κ1) is 22.6. The van der Waals surface area contributed by atoms with E-state index in [0.29, 0.717) is 18.3 Å². The summed E-state index contributed by atoms with van der Waals surface area (Å²) in [6.07, 6.45) is 5.08. The molecule has 4 aliphatic carbocycles. The number of nitrogens with one attached hydrogen (secondary N) is 1. The largest absolute Gasteiger partial charge is 0.465 e. The minimum atomic E-state index is -0.685. The quantitative estimate of drug-likeness (QED) is 0.391. The van der Waals surface area contributed by atoms with Gasteiger partial charge < -0.3 is 19.5 Å². The fourth-order valence-electron chi connectivity index (χ4n) is 6.04. The lowest BCUT2D eigenvalue weighted by molar-refractivity contribution is -0.171. The summed E-state index contributed by atoms with van der Waals surface area (Å²) in [6.45, 7) is -0.506. The lowest BCUT2D eigenvalue weighted by atomic mass is 9.49. The van der Waals surface area contributed by atoms with Gasteiger partial charge in [0, 0.05) is 4.87 Å². The van der Waals surface area contributed by atoms with Crippen LogP contribution in [0.3, 0.4) is 0 Å². The topological polar surface area (TPSA) is 108 Å². The number of methoxy groups -OCH3 is 2. The number of esters is 3. The number of rotatable bonds is 6. The molecule has 172 valence electrons. The van der Waals surface area contributed by atoms with Gasteiger partial charge in [0.05, 0.1) is 36.4 Å². The van der Waals surface area contributed by atoms with Crippen molar-refractivity contribution in [1.29, 1.82) is 0 Å². The van der Waals surface area contributed by atoms with Crippen molar-refractivity contribution in [2.75, 3.05) is 26.1 Å². The molecule has 2 unspecified atom stereocenters. The zero-order chi connectivity index (χ0) is 23.1. The summed E-state index contributed by atoms with van der Waals surface area (Å²) in [6, 6.07) is 4.06. The Morgan fingerprint density at radius 2 is 1.69 bits per heavy atom. The fraction of sp³-hybridized carbons (Fsp3) is 0.565. The monoisotopic (exact) mass is 463 g/mol. The Kier molecular flexibility index (Phi) is 5.92. The van der Waals surface area contributed by atoms with Gasteiger partial charge in [0.2, 0.25) is 0 Å². The smallest absolute Gasteiger partial charge is 0.339 e. The van der Waals surface area contributed by atoms with Crippen molar-refractivity contribution in [2.24, 2.45) is 17.3 Å². The number of hydrogen-bond donors (Lipinski definition) is 1. The Labute approximate surface area is 190 Å². The molecule has 1 amide bonds. The molecule has 1 N–H and O–H groups in total. The highest BCUT2D eigenvalue weighted by atomic mass is 35.5. The molecule has 4 bridgehead atoms. The molecule has 4 fully saturated rings. The van der Waals surface area contributed by atoms with E-state index in [0.717, 1.165) is 32.1 Å². The molecule has 5 rings (SSSR count). The van der Waals surface area contributed by atoms with Gasteiger partial charge in [-0.1, -0.05) is 0 Å². The molecule has 0 radical (unpaired) electrons. The van der Waals surface area contributed by atoms with E-state index in [4.69, 9.17) is 21.1 Å². The normalized spacial score (nSPS) is 29.8. The van der Waals surface area contributed by atoms with E-state index >= 15 is 0 Å². The van der Waals surface area contributed by atoms with Gasteiger partial charge in [0.15, 0.2) is 6.61 Å². The highest BCUT2D eigenvalue weighted by molar-refractivity contribution is 6.24. The van der Waals surface area contributed by atoms with Crippen LogP contribution in [0.15, 0.2) is 18.2 Å². The van der Waals surface area contributed by atoms with Gasteiger partial charge in [-0.3, -0.25) is 9.59 Å². The van der Waals surface area contributed by atoms with Crippen molar-refractivity contribution in [3.63, 3.8) is 0 Å². The van der Waals surface area contributed by atoms with E-state index in [-0.39, 0.29) is 27.7 Å². The van der Waals surface area contributed by atoms with Crippen LogP contribution in [0.2, 0.25) is 0 Å². The summed E-state index contributed by atoms with van der Waals surface area (Å²) in [7, 11) is 2.43. The van der Waals surface area contributed by atoms with Crippen LogP contribution in [-0.2, 0) is 23.8 Å². The maximum absolute atomic E-state index is 13.0. The van der Waals surface area contributed by atoms with E-state index in [2.05, 4.69) is 10.1 Å². The molecular weight excluding hydrogens is 438 g/mol. The van der Waals surface area contributed by atoms with Crippen molar-refractivity contribution in [1.82, 2.24) is 0 Å². The number of benzene rings is 1. The number of carbonyl (C=O) groups excluding carboxylic acids is 4. The van der Waals surface area contributed by atoms with Gasteiger partial charge in [0.25, 0.3) is 5.91 Å². The molecule has 1 aromatic rings. The van der Waals surface area contributed by atoms with E-state index in [1.165, 1.54) is 32.4 Å². The van der Waals surface area contributed by atoms with E-state index in [1.54, 1.807) is 0 Å². The van der Waals surface area contributed by atoms with E-state index in [9.17, 15) is 19.2 Å². The van der Waals surface area contributed by atoms with Crippen LogP contribution in [0.1, 0.15) is 59.2 Å². The average Bonchev–Trinajstić information content (AvgIpc) is 2.74. The van der Waals surface area contributed by atoms with Crippen LogP contribution in [0.4, 0.5) is 5.69 Å². The van der Waals surface area contributed by atoms with Crippen LogP contribution in [0.25, 0.3) is 0 Å². The highest BCUT2D eigenvalue weighted by Crippen LogP contribution is 2.64. The number of hydrogen-bond acceptors (Lipinski definition) is 7. The van der Waals surface area contributed by atoms with Crippen LogP contribution in [-0.4, -0.2) is 49.5 Å². The van der Waals surface area contributed by atoms with Gasteiger partial charge in [-0.2, -0.15) is 0 Å². The third kappa shape index (κ3) is 4.20. The molecular formula is C23H26ClNO7. The number of anilines is 1. The lowest BCUT2D eigenvalue weighted by Crippen LogP contribution is -2.56. The zero-order valence-electron chi connectivity index (χ0n) is 18.1. The molecule has 1 aromatic carbocycles. The maximum atomic E-state index is 13.0. The number of halogens is 1. The summed E-state index contributed by atoms with van der Waals surface area (Å²) in [4.78, 5) is 49.1. The second-order valence-corrected chi connectivity index (χ2v) is 10.1. The molecule has 32 heavy (non-hydrogen) atoms. The molecule has 0 aliphatic heterocycles. The number of ether oxygens (including phenoxy) is 3. The van der Waals surface area contributed by atoms with Crippen molar-refractivity contribution in [3.8, 4) is 0 Å². The Morgan fingerprint density at radius 1 is 1.03 bits per heavy atom. The third-order valence-corrected chi connectivity index (χ3v) is 7.32. The van der Waals surface area contributed by atoms with Gasteiger partial charge in [-0.15, -0.1) is 11.6 Å². The third-order valence-electron chi connectivity index (χ3n) is 6.88. The summed E-state index contributed by atoms with van der Waals surface area (Å²) < 4.78 is 14.8. The van der Waals surface area contributed by atoms with Gasteiger partial charge in [-0.25, -0.2) is 9.59 Å². The molecule has 4 saturated carbocycles. The van der Waals surface area contributed by atoms with E-state index in [1.807, 2.05) is 0 Å². The molecule has 4 atom stereocenters. The van der Waals surface area contributed by atoms with Crippen LogP contribution in [0, 0.1) is 17.3 Å². The number of alkyl halides is 1. The number of amides is 1. The van der Waals surface area contributed by atoms with Crippen LogP contribution in [0.5, 0.6) is 0 Å². The molecule has 0 heterocycles. The molecule has 9 heteroatoms. The minimum Gasteiger partial charge on any atom is -0.465 e. The van der Waals surface area contributed by atoms with Crippen LogP contribution < -0.4 is 5.32 Å². The molecule has 0 saturated heterocycles. The molecule has 4 aliphatic rings. The van der Waals surface area contributed by atoms with Crippen molar-refractivity contribution >= 4 is 41.1 Å². The molecule has 0 aromatic heterocycles. The Bertz CT molecular complexity index is 961. The SMILES string of the molecule is COC(=O)c1ccc(C(=O)OC)c(NC(=O)COC(=O)C23C[C@@H]4C[C@@H](CC(Cl)(C4)C2)C3)c1. The first-order valence-corrected chi connectivity index (χ1v) is 11.0. The summed E-state index contributed by atoms with van der Waals surface area (Å²) >= 11 is 6.78. The average molecular weight is 464 g/mol. The Hall–Kier alpha value is -2.61. The molecule has 8 nitrogen and oxygen atoms in total. The van der Waals surface area contributed by atoms with Crippen molar-refractivity contribution in [2.45, 2.75) is 43.4 Å². The van der Waals surface area contributed by atoms with Crippen LogP contribution >= 0.6 is 11.6 Å². The summed E-state index contributed by atoms with van der Waals surface area (Å²) in [5.74, 6) is -1.47. The predicted octanol–water partition coefficient (Wildman–Crippen LogP) is 3.32. The molecule has 0 spiro atoms. The summed E-state index contributed by atoms with van der Waals surface area (Å²) in [5, 5.41) is 2.53. The first-order chi connectivity index (χ1) is 15.2. The highest BCUT2D eigenvalue weighted by Gasteiger charge is 2.60. The van der Waals surface area contributed by atoms with Gasteiger partial charge in [0.1, 0.15) is 0 Å². The zero-order valence-corrected chi connectivity index (χ0v) is 18.8. The number of carbonyl (C=O) groups is 4. The first-order valence-electron chi connectivity index (χ1n) is 10.6. The van der Waals surface area contributed by atoms with Crippen molar-refractivity contribution < 1.29 is 33.4 Å². The standard InChI is InChI=1S/C23H26ClNO7/c1-30-19(27)15-3-4-16(20(28)31-2)17(6-15)25-18(26)11-32-21(29)22-7-13-5-14(8-22)10-23(24,9-13)12-22/h3-4,6,13-14H,5,7-12H2,1-2H3,(H,25,26)/t13-,14+,22?,23?. The predicted molar refractivity (Wildman–Crippen MR) is 114 cm³/mol. The Balaban J connectivity index is 1.43. The maximum Gasteiger partial charge on any atom is 0.339 e. The summed E-state index contributed by atoms with van der Waals surface area (Å²) in [5.41, 5.74) is -0.345. The van der Waals surface area contributed by atoms with Crippen molar-refractivity contribution in [3.05, 3.63) is 29.3 Å². The fourth-order valence-corrected chi connectivity index (χ4v) is 6.73. The minimum absolute atomic E-state index is 0.0602. The van der Waals surface area contributed by atoms with Gasteiger partial charge >= 0.3 is 17.9 Å². The lowest BCUT2D eigenvalue weighted by Gasteiger charge is -2.58.